The van der Waals surface area contributed by atoms with Crippen molar-refractivity contribution in [2.75, 3.05) is 6.61 Å². The summed E-state index contributed by atoms with van der Waals surface area (Å²) in [6, 6.07) is 13.7. The van der Waals surface area contributed by atoms with Crippen LogP contribution in [-0.2, 0) is 11.3 Å². The minimum Gasteiger partial charge on any atom is -0.484 e. The number of nitrogens with two attached hydrogens (primary N) is 1. The molecule has 146 valence electrons. The summed E-state index contributed by atoms with van der Waals surface area (Å²) in [7, 11) is 0. The largest absolute Gasteiger partial charge is 0.484 e. The van der Waals surface area contributed by atoms with Crippen LogP contribution >= 0.6 is 0 Å². The zero-order chi connectivity index (χ0) is 20.0. The van der Waals surface area contributed by atoms with E-state index < -0.39 is 24.7 Å². The van der Waals surface area contributed by atoms with Gasteiger partial charge in [0.05, 0.1) is 5.92 Å². The van der Waals surface area contributed by atoms with Gasteiger partial charge in [0.2, 0.25) is 5.91 Å². The fourth-order valence-corrected chi connectivity index (χ4v) is 2.57. The molecule has 2 aromatic carbocycles. The minimum atomic E-state index is -4.43. The van der Waals surface area contributed by atoms with Gasteiger partial charge < -0.3 is 15.8 Å². The molecule has 0 saturated heterocycles. The van der Waals surface area contributed by atoms with E-state index in [-0.39, 0.29) is 18.2 Å². The molecule has 7 heteroatoms. The predicted octanol–water partition coefficient (Wildman–Crippen LogP) is 3.89. The van der Waals surface area contributed by atoms with E-state index in [9.17, 15) is 18.0 Å². The second-order valence-electron chi connectivity index (χ2n) is 6.46. The van der Waals surface area contributed by atoms with Gasteiger partial charge in [-0.3, -0.25) is 4.79 Å². The van der Waals surface area contributed by atoms with Crippen LogP contribution in [0.4, 0.5) is 13.2 Å². The molecule has 2 unspecified atom stereocenters. The lowest BCUT2D eigenvalue weighted by Crippen LogP contribution is -2.35. The van der Waals surface area contributed by atoms with Crippen LogP contribution in [0, 0.1) is 12.8 Å². The molecule has 0 aromatic heterocycles. The fourth-order valence-electron chi connectivity index (χ4n) is 2.57. The standard InChI is InChI=1S/C20H23F3N2O2/c1-13-8-9-16(17(10-13)27-12-20(21,22)23)11-25-19(26)14(2)18(24)15-6-4-3-5-7-15/h3-10,14,18H,11-12,24H2,1-2H3,(H,25,26). The third kappa shape index (κ3) is 6.29. The van der Waals surface area contributed by atoms with Gasteiger partial charge in [-0.15, -0.1) is 0 Å². The summed E-state index contributed by atoms with van der Waals surface area (Å²) in [5.41, 5.74) is 8.22. The zero-order valence-corrected chi connectivity index (χ0v) is 15.2. The van der Waals surface area contributed by atoms with Gasteiger partial charge in [0.1, 0.15) is 5.75 Å². The second kappa shape index (κ2) is 8.90. The third-order valence-corrected chi connectivity index (χ3v) is 4.20. The van der Waals surface area contributed by atoms with Gasteiger partial charge in [-0.1, -0.05) is 49.4 Å². The van der Waals surface area contributed by atoms with Crippen molar-refractivity contribution in [3.63, 3.8) is 0 Å². The van der Waals surface area contributed by atoms with Gasteiger partial charge in [0.25, 0.3) is 0 Å². The van der Waals surface area contributed by atoms with E-state index >= 15 is 0 Å². The number of hydrogen-bond donors (Lipinski definition) is 2. The molecule has 2 atom stereocenters. The molecule has 27 heavy (non-hydrogen) atoms. The molecule has 0 aliphatic carbocycles. The zero-order valence-electron chi connectivity index (χ0n) is 15.2. The van der Waals surface area contributed by atoms with Crippen molar-refractivity contribution < 1.29 is 22.7 Å². The van der Waals surface area contributed by atoms with Crippen LogP contribution in [0.2, 0.25) is 0 Å². The van der Waals surface area contributed by atoms with Gasteiger partial charge in [0, 0.05) is 18.2 Å². The Morgan fingerprint density at radius 1 is 1.19 bits per heavy atom. The Hall–Kier alpha value is -2.54. The molecule has 1 amide bonds. The van der Waals surface area contributed by atoms with Crippen LogP contribution in [0.25, 0.3) is 0 Å². The summed E-state index contributed by atoms with van der Waals surface area (Å²) in [6.07, 6.45) is -4.43. The van der Waals surface area contributed by atoms with E-state index in [2.05, 4.69) is 5.32 Å². The van der Waals surface area contributed by atoms with Crippen LogP contribution in [0.1, 0.15) is 29.7 Å². The SMILES string of the molecule is Cc1ccc(CNC(=O)C(C)C(N)c2ccccc2)c(OCC(F)(F)F)c1. The first kappa shape index (κ1) is 20.8. The monoisotopic (exact) mass is 380 g/mol. The number of amides is 1. The molecule has 2 aromatic rings. The molecule has 0 bridgehead atoms. The van der Waals surface area contributed by atoms with E-state index in [1.165, 1.54) is 6.07 Å². The van der Waals surface area contributed by atoms with Crippen LogP contribution in [0.15, 0.2) is 48.5 Å². The molecular weight excluding hydrogens is 357 g/mol. The number of carbonyl (C=O) groups excluding carboxylic acids is 1. The molecule has 3 N–H and O–H groups in total. The highest BCUT2D eigenvalue weighted by Gasteiger charge is 2.29. The lowest BCUT2D eigenvalue weighted by molar-refractivity contribution is -0.153. The van der Waals surface area contributed by atoms with Crippen LogP contribution in [-0.4, -0.2) is 18.7 Å². The molecule has 0 saturated carbocycles. The van der Waals surface area contributed by atoms with Gasteiger partial charge in [-0.05, 0) is 24.1 Å². The lowest BCUT2D eigenvalue weighted by Gasteiger charge is -2.20. The Balaban J connectivity index is 2.02. The molecule has 0 aliphatic rings. The van der Waals surface area contributed by atoms with Crippen LogP contribution in [0.5, 0.6) is 5.75 Å². The van der Waals surface area contributed by atoms with Crippen molar-refractivity contribution in [1.82, 2.24) is 5.32 Å². The van der Waals surface area contributed by atoms with Gasteiger partial charge in [-0.25, -0.2) is 0 Å². The van der Waals surface area contributed by atoms with Crippen molar-refractivity contribution in [2.45, 2.75) is 32.6 Å². The number of benzene rings is 2. The maximum Gasteiger partial charge on any atom is 0.422 e. The number of nitrogens with one attached hydrogen (secondary N) is 1. The van der Waals surface area contributed by atoms with E-state index in [1.807, 2.05) is 30.3 Å². The van der Waals surface area contributed by atoms with E-state index in [4.69, 9.17) is 10.5 Å². The van der Waals surface area contributed by atoms with Crippen LogP contribution < -0.4 is 15.8 Å². The number of carbonyl (C=O) groups is 1. The summed E-state index contributed by atoms with van der Waals surface area (Å²) >= 11 is 0. The molecule has 0 heterocycles. The number of aryl methyl sites for hydroxylation is 1. The summed E-state index contributed by atoms with van der Waals surface area (Å²) in [6.45, 7) is 2.14. The highest BCUT2D eigenvalue weighted by atomic mass is 19.4. The summed E-state index contributed by atoms with van der Waals surface area (Å²) in [5.74, 6) is -0.682. The molecule has 0 radical (unpaired) electrons. The molecule has 2 rings (SSSR count). The summed E-state index contributed by atoms with van der Waals surface area (Å²) in [5, 5.41) is 2.73. The van der Waals surface area contributed by atoms with Crippen molar-refractivity contribution >= 4 is 5.91 Å². The van der Waals surface area contributed by atoms with Crippen LogP contribution in [0.3, 0.4) is 0 Å². The normalized spacial score (nSPS) is 13.7. The first-order chi connectivity index (χ1) is 12.7. The highest BCUT2D eigenvalue weighted by Crippen LogP contribution is 2.24. The number of alkyl halides is 3. The predicted molar refractivity (Wildman–Crippen MR) is 97.1 cm³/mol. The van der Waals surface area contributed by atoms with E-state index in [0.717, 1.165) is 11.1 Å². The average molecular weight is 380 g/mol. The third-order valence-electron chi connectivity index (χ3n) is 4.20. The Morgan fingerprint density at radius 2 is 1.85 bits per heavy atom. The van der Waals surface area contributed by atoms with E-state index in [1.54, 1.807) is 26.0 Å². The Bertz CT molecular complexity index is 764. The maximum atomic E-state index is 12.4. The van der Waals surface area contributed by atoms with Crippen molar-refractivity contribution in [1.29, 1.82) is 0 Å². The second-order valence-corrected chi connectivity index (χ2v) is 6.46. The van der Waals surface area contributed by atoms with Crippen molar-refractivity contribution in [2.24, 2.45) is 11.7 Å². The Labute approximate surface area is 156 Å². The smallest absolute Gasteiger partial charge is 0.422 e. The molecule has 0 fully saturated rings. The first-order valence-corrected chi connectivity index (χ1v) is 8.54. The fraction of sp³-hybridized carbons (Fsp3) is 0.350. The van der Waals surface area contributed by atoms with Gasteiger partial charge >= 0.3 is 6.18 Å². The number of hydrogen-bond acceptors (Lipinski definition) is 3. The van der Waals surface area contributed by atoms with Gasteiger partial charge in [-0.2, -0.15) is 13.2 Å². The number of halogens is 3. The van der Waals surface area contributed by atoms with Crippen molar-refractivity contribution in [3.8, 4) is 5.75 Å². The number of rotatable bonds is 7. The molecule has 4 nitrogen and oxygen atoms in total. The minimum absolute atomic E-state index is 0.0537. The molecular formula is C20H23F3N2O2. The Morgan fingerprint density at radius 3 is 2.48 bits per heavy atom. The Kier molecular flexibility index (Phi) is 6.85. The quantitative estimate of drug-likeness (QED) is 0.766. The lowest BCUT2D eigenvalue weighted by atomic mass is 9.94. The first-order valence-electron chi connectivity index (χ1n) is 8.54. The summed E-state index contributed by atoms with van der Waals surface area (Å²) in [4.78, 5) is 12.4. The van der Waals surface area contributed by atoms with Crippen molar-refractivity contribution in [3.05, 3.63) is 65.2 Å². The topological polar surface area (TPSA) is 64.4 Å². The van der Waals surface area contributed by atoms with E-state index in [0.29, 0.717) is 5.56 Å². The number of ether oxygens (including phenoxy) is 1. The maximum absolute atomic E-state index is 12.4. The molecule has 0 spiro atoms. The van der Waals surface area contributed by atoms with Gasteiger partial charge in [0.15, 0.2) is 6.61 Å². The summed E-state index contributed by atoms with van der Waals surface area (Å²) < 4.78 is 42.2. The molecule has 0 aliphatic heterocycles. The highest BCUT2D eigenvalue weighted by molar-refractivity contribution is 5.79. The average Bonchev–Trinajstić information content (AvgIpc) is 2.64.